The molecule has 2 atom stereocenters. The molecule has 31 heavy (non-hydrogen) atoms. The molecule has 0 radical (unpaired) electrons. The molecule has 1 aliphatic heterocycles. The van der Waals surface area contributed by atoms with Crippen molar-refractivity contribution in [3.8, 4) is 5.75 Å². The van der Waals surface area contributed by atoms with E-state index in [0.717, 1.165) is 54.0 Å². The summed E-state index contributed by atoms with van der Waals surface area (Å²) in [4.78, 5) is 4.23. The van der Waals surface area contributed by atoms with Gasteiger partial charge in [-0.2, -0.15) is 13.2 Å². The zero-order valence-electron chi connectivity index (χ0n) is 18.2. The minimum Gasteiger partial charge on any atom is -0.507 e. The lowest BCUT2D eigenvalue weighted by Gasteiger charge is -2.23. The fourth-order valence-corrected chi connectivity index (χ4v) is 3.94. The van der Waals surface area contributed by atoms with Crippen molar-refractivity contribution < 1.29 is 18.3 Å². The van der Waals surface area contributed by atoms with E-state index in [1.807, 2.05) is 6.07 Å². The van der Waals surface area contributed by atoms with Crippen LogP contribution in [0.3, 0.4) is 0 Å². The summed E-state index contributed by atoms with van der Waals surface area (Å²) >= 11 is 0. The molecular weight excluding hydrogens is 403 g/mol. The van der Waals surface area contributed by atoms with Crippen LogP contribution in [0.2, 0.25) is 0 Å². The average Bonchev–Trinajstić information content (AvgIpc) is 2.92. The van der Waals surface area contributed by atoms with E-state index in [0.29, 0.717) is 29.8 Å². The first kappa shape index (κ1) is 23.0. The van der Waals surface area contributed by atoms with Crippen LogP contribution in [0.5, 0.6) is 5.75 Å². The zero-order chi connectivity index (χ0) is 22.6. The van der Waals surface area contributed by atoms with Crippen molar-refractivity contribution in [2.24, 2.45) is 5.92 Å². The molecular formula is C24H30F3N3O. The molecule has 1 aromatic carbocycles. The first-order chi connectivity index (χ1) is 14.7. The quantitative estimate of drug-likeness (QED) is 0.621. The van der Waals surface area contributed by atoms with E-state index < -0.39 is 17.5 Å². The minimum absolute atomic E-state index is 0.329. The average molecular weight is 434 g/mol. The van der Waals surface area contributed by atoms with Crippen molar-refractivity contribution in [3.63, 3.8) is 0 Å². The van der Waals surface area contributed by atoms with Crippen LogP contribution in [0.25, 0.3) is 11.4 Å². The molecule has 1 aromatic heterocycles. The van der Waals surface area contributed by atoms with Crippen LogP contribution in [0.15, 0.2) is 36.7 Å². The number of phenolic OH excluding ortho intramolecular Hbond substituents is 1. The fourth-order valence-electron chi connectivity index (χ4n) is 3.94. The molecule has 2 unspecified atom stereocenters. The molecule has 2 aromatic rings. The highest BCUT2D eigenvalue weighted by molar-refractivity contribution is 5.70. The minimum atomic E-state index is -4.51. The van der Waals surface area contributed by atoms with Gasteiger partial charge in [-0.15, -0.1) is 0 Å². The van der Waals surface area contributed by atoms with Crippen molar-refractivity contribution in [1.29, 1.82) is 0 Å². The first-order valence-electron chi connectivity index (χ1n) is 10.8. The number of nitrogens with zero attached hydrogens (tertiary/aromatic N) is 1. The predicted molar refractivity (Wildman–Crippen MR) is 116 cm³/mol. The Morgan fingerprint density at radius 3 is 2.58 bits per heavy atom. The Morgan fingerprint density at radius 2 is 1.94 bits per heavy atom. The molecule has 0 fully saturated rings. The maximum Gasteiger partial charge on any atom is 0.416 e. The van der Waals surface area contributed by atoms with Crippen LogP contribution in [0, 0.1) is 5.92 Å². The van der Waals surface area contributed by atoms with Crippen molar-refractivity contribution in [2.75, 3.05) is 6.54 Å². The number of halogens is 3. The lowest BCUT2D eigenvalue weighted by molar-refractivity contribution is -0.137. The molecule has 4 nitrogen and oxygen atoms in total. The summed E-state index contributed by atoms with van der Waals surface area (Å²) in [6, 6.07) is 5.33. The Labute approximate surface area is 180 Å². The molecule has 0 aliphatic carbocycles. The third kappa shape index (κ3) is 5.32. The number of hydrogen-bond acceptors (Lipinski definition) is 4. The summed E-state index contributed by atoms with van der Waals surface area (Å²) in [5.41, 5.74) is 1.12. The molecule has 0 saturated heterocycles. The molecule has 1 aliphatic rings. The van der Waals surface area contributed by atoms with Crippen molar-refractivity contribution in [1.82, 2.24) is 15.6 Å². The van der Waals surface area contributed by atoms with Gasteiger partial charge in [-0.3, -0.25) is 4.98 Å². The highest BCUT2D eigenvalue weighted by Gasteiger charge is 2.31. The number of fused-ring (bicyclic) bond motifs is 1. The number of aromatic nitrogens is 1. The van der Waals surface area contributed by atoms with Gasteiger partial charge in [-0.05, 0) is 43.0 Å². The number of benzene rings is 1. The Bertz CT molecular complexity index is 1030. The van der Waals surface area contributed by atoms with Crippen molar-refractivity contribution in [3.05, 3.63) is 58.2 Å². The number of aromatic hydroxyl groups is 1. The van der Waals surface area contributed by atoms with Gasteiger partial charge >= 0.3 is 6.18 Å². The SMILES string of the molecule is CCC(C)CC(CC)NC1=c2ccncc2=C(c2ccc(C(F)(F)F)cc2O)NCC1. The predicted octanol–water partition coefficient (Wildman–Crippen LogP) is 3.87. The number of pyridine rings is 1. The lowest BCUT2D eigenvalue weighted by Crippen LogP contribution is -2.37. The fraction of sp³-hybridized carbons (Fsp3) is 0.458. The third-order valence-electron chi connectivity index (χ3n) is 5.94. The van der Waals surface area contributed by atoms with Crippen LogP contribution in [0.4, 0.5) is 13.2 Å². The van der Waals surface area contributed by atoms with Crippen LogP contribution in [-0.4, -0.2) is 22.7 Å². The van der Waals surface area contributed by atoms with E-state index in [4.69, 9.17) is 0 Å². The number of alkyl halides is 3. The van der Waals surface area contributed by atoms with Crippen molar-refractivity contribution >= 4 is 11.4 Å². The van der Waals surface area contributed by atoms with E-state index in [1.54, 1.807) is 12.4 Å². The van der Waals surface area contributed by atoms with Gasteiger partial charge in [0.2, 0.25) is 0 Å². The monoisotopic (exact) mass is 433 g/mol. The van der Waals surface area contributed by atoms with Gasteiger partial charge in [0.25, 0.3) is 0 Å². The summed E-state index contributed by atoms with van der Waals surface area (Å²) in [6.45, 7) is 7.20. The van der Waals surface area contributed by atoms with E-state index in [9.17, 15) is 18.3 Å². The molecule has 168 valence electrons. The highest BCUT2D eigenvalue weighted by Crippen LogP contribution is 2.34. The van der Waals surface area contributed by atoms with Gasteiger partial charge in [0.05, 0.1) is 11.3 Å². The summed E-state index contributed by atoms with van der Waals surface area (Å²) < 4.78 is 39.0. The summed E-state index contributed by atoms with van der Waals surface area (Å²) in [7, 11) is 0. The normalized spacial score (nSPS) is 16.2. The maximum atomic E-state index is 13.0. The molecule has 0 spiro atoms. The molecule has 0 amide bonds. The Balaban J connectivity index is 2.12. The van der Waals surface area contributed by atoms with Crippen LogP contribution in [-0.2, 0) is 6.18 Å². The van der Waals surface area contributed by atoms with E-state index in [1.165, 1.54) is 6.07 Å². The van der Waals surface area contributed by atoms with Gasteiger partial charge < -0.3 is 15.7 Å². The molecule has 7 heteroatoms. The number of nitrogens with one attached hydrogen (secondary N) is 2. The van der Waals surface area contributed by atoms with Gasteiger partial charge in [0.1, 0.15) is 5.75 Å². The Morgan fingerprint density at radius 1 is 1.16 bits per heavy atom. The van der Waals surface area contributed by atoms with Gasteiger partial charge in [-0.1, -0.05) is 27.2 Å². The molecule has 0 saturated carbocycles. The summed E-state index contributed by atoms with van der Waals surface area (Å²) in [6.07, 6.45) is 2.83. The number of hydrogen-bond donors (Lipinski definition) is 3. The molecule has 2 heterocycles. The Kier molecular flexibility index (Phi) is 7.13. The standard InChI is InChI=1S/C24H30F3N3O/c1-4-15(3)12-17(5-2)30-21-9-11-29-23(20-14-28-10-8-18(20)21)19-7-6-16(13-22(19)31)24(25,26)27/h6-8,10,13-15,17,29-31H,4-5,9,11-12H2,1-3H3. The van der Waals surface area contributed by atoms with Gasteiger partial charge in [0.15, 0.2) is 0 Å². The van der Waals surface area contributed by atoms with E-state index in [-0.39, 0.29) is 0 Å². The third-order valence-corrected chi connectivity index (χ3v) is 5.94. The van der Waals surface area contributed by atoms with Gasteiger partial charge in [-0.25, -0.2) is 0 Å². The van der Waals surface area contributed by atoms with Crippen LogP contribution < -0.4 is 21.1 Å². The van der Waals surface area contributed by atoms with Crippen molar-refractivity contribution in [2.45, 2.75) is 58.7 Å². The second-order valence-electron chi connectivity index (χ2n) is 8.18. The zero-order valence-corrected chi connectivity index (χ0v) is 18.2. The smallest absolute Gasteiger partial charge is 0.416 e. The summed E-state index contributed by atoms with van der Waals surface area (Å²) in [5.74, 6) is 0.205. The maximum absolute atomic E-state index is 13.0. The highest BCUT2D eigenvalue weighted by atomic mass is 19.4. The molecule has 0 bridgehead atoms. The molecule has 3 N–H and O–H groups in total. The number of rotatable bonds is 7. The van der Waals surface area contributed by atoms with E-state index in [2.05, 4.69) is 36.4 Å². The lowest BCUT2D eigenvalue weighted by atomic mass is 9.97. The molecule has 3 rings (SSSR count). The Hall–Kier alpha value is -2.70. The van der Waals surface area contributed by atoms with Crippen LogP contribution >= 0.6 is 0 Å². The van der Waals surface area contributed by atoms with E-state index >= 15 is 0 Å². The first-order valence-corrected chi connectivity index (χ1v) is 10.8. The second-order valence-corrected chi connectivity index (χ2v) is 8.18. The number of phenols is 1. The van der Waals surface area contributed by atoms with Crippen LogP contribution in [0.1, 0.15) is 57.6 Å². The topological polar surface area (TPSA) is 57.2 Å². The van der Waals surface area contributed by atoms with Gasteiger partial charge in [0, 0.05) is 53.1 Å². The second kappa shape index (κ2) is 9.62. The summed E-state index contributed by atoms with van der Waals surface area (Å²) in [5, 5.41) is 19.1. The largest absolute Gasteiger partial charge is 0.507 e.